The van der Waals surface area contributed by atoms with Crippen LogP contribution in [0.15, 0.2) is 23.2 Å². The fourth-order valence-electron chi connectivity index (χ4n) is 3.49. The van der Waals surface area contributed by atoms with Crippen molar-refractivity contribution < 1.29 is 13.6 Å². The maximum absolute atomic E-state index is 14.2. The number of primary amides is 1. The van der Waals surface area contributed by atoms with Crippen LogP contribution in [0.25, 0.3) is 0 Å². The van der Waals surface area contributed by atoms with Crippen LogP contribution in [0.1, 0.15) is 31.4 Å². The third-order valence-corrected chi connectivity index (χ3v) is 5.03. The number of benzene rings is 1. The molecule has 30 heavy (non-hydrogen) atoms. The summed E-state index contributed by atoms with van der Waals surface area (Å²) in [6.45, 7) is 4.68. The molecule has 0 bridgehead atoms. The van der Waals surface area contributed by atoms with E-state index in [9.17, 15) is 13.6 Å². The zero-order chi connectivity index (χ0) is 21.4. The van der Waals surface area contributed by atoms with Crippen LogP contribution in [-0.4, -0.2) is 74.5 Å². The highest BCUT2D eigenvalue weighted by molar-refractivity contribution is 14.0. The number of carbonyl (C=O) groups is 1. The molecular formula is C20H33F2IN6O. The first-order valence-electron chi connectivity index (χ1n) is 9.97. The van der Waals surface area contributed by atoms with Gasteiger partial charge in [-0.2, -0.15) is 0 Å². The van der Waals surface area contributed by atoms with Gasteiger partial charge in [0.15, 0.2) is 5.96 Å². The number of piperidine rings is 1. The number of hydrogen-bond acceptors (Lipinski definition) is 4. The van der Waals surface area contributed by atoms with E-state index in [1.807, 2.05) is 11.8 Å². The third kappa shape index (κ3) is 7.95. The molecule has 1 amide bonds. The van der Waals surface area contributed by atoms with Crippen LogP contribution < -0.4 is 16.4 Å². The van der Waals surface area contributed by atoms with Gasteiger partial charge in [-0.3, -0.25) is 14.7 Å². The summed E-state index contributed by atoms with van der Waals surface area (Å²) >= 11 is 0. The van der Waals surface area contributed by atoms with Gasteiger partial charge in [-0.15, -0.1) is 24.0 Å². The first-order chi connectivity index (χ1) is 13.8. The van der Waals surface area contributed by atoms with E-state index in [-0.39, 0.29) is 54.6 Å². The second-order valence-corrected chi connectivity index (χ2v) is 7.50. The number of likely N-dealkylation sites (tertiary alicyclic amines) is 1. The number of likely N-dealkylation sites (N-methyl/N-ethyl adjacent to an activating group) is 1. The van der Waals surface area contributed by atoms with E-state index in [1.54, 1.807) is 19.0 Å². The van der Waals surface area contributed by atoms with E-state index in [2.05, 4.69) is 15.6 Å². The average Bonchev–Trinajstić information content (AvgIpc) is 2.65. The lowest BCUT2D eigenvalue weighted by molar-refractivity contribution is -0.119. The van der Waals surface area contributed by atoms with Crippen molar-refractivity contribution in [2.75, 3.05) is 46.8 Å². The molecule has 1 fully saturated rings. The summed E-state index contributed by atoms with van der Waals surface area (Å²) < 4.78 is 28.5. The lowest BCUT2D eigenvalue weighted by Crippen LogP contribution is -2.50. The molecule has 0 saturated carbocycles. The fourth-order valence-corrected chi connectivity index (χ4v) is 3.49. The Labute approximate surface area is 194 Å². The Morgan fingerprint density at radius 2 is 1.90 bits per heavy atom. The highest BCUT2D eigenvalue weighted by Crippen LogP contribution is 2.24. The fraction of sp³-hybridized carbons (Fsp3) is 0.600. The Balaban J connectivity index is 0.00000450. The Bertz CT molecular complexity index is 690. The van der Waals surface area contributed by atoms with Crippen LogP contribution in [0.3, 0.4) is 0 Å². The van der Waals surface area contributed by atoms with Crippen molar-refractivity contribution in [3.05, 3.63) is 35.4 Å². The summed E-state index contributed by atoms with van der Waals surface area (Å²) in [5.74, 6) is -0.844. The van der Waals surface area contributed by atoms with Crippen LogP contribution >= 0.6 is 24.0 Å². The summed E-state index contributed by atoms with van der Waals surface area (Å²) in [6.07, 6.45) is 1.72. The van der Waals surface area contributed by atoms with Crippen LogP contribution in [0.5, 0.6) is 0 Å². The first kappa shape index (κ1) is 26.5. The number of hydrogen-bond donors (Lipinski definition) is 3. The van der Waals surface area contributed by atoms with Crippen LogP contribution in [0, 0.1) is 11.6 Å². The number of amides is 1. The van der Waals surface area contributed by atoms with Crippen molar-refractivity contribution >= 4 is 35.8 Å². The van der Waals surface area contributed by atoms with E-state index < -0.39 is 17.7 Å². The molecule has 1 aliphatic heterocycles. The normalized spacial score (nSPS) is 16.8. The molecule has 10 heteroatoms. The van der Waals surface area contributed by atoms with Crippen molar-refractivity contribution in [1.29, 1.82) is 0 Å². The molecule has 4 N–H and O–H groups in total. The minimum absolute atomic E-state index is 0. The Hall–Kier alpha value is -1.53. The monoisotopic (exact) mass is 538 g/mol. The van der Waals surface area contributed by atoms with Crippen molar-refractivity contribution in [1.82, 2.24) is 20.4 Å². The standard InChI is InChI=1S/C20H32F2N6O.HI/c1-4-24-20(26-14-8-10-28(11-9-14)13-18(23)29)25-12-17(27(2)3)19-15(21)6-5-7-16(19)22;/h5-7,14,17H,4,8-13H2,1-3H3,(H2,23,29)(H2,24,25,26);1H. The number of nitrogens with zero attached hydrogens (tertiary/aromatic N) is 3. The minimum Gasteiger partial charge on any atom is -0.369 e. The van der Waals surface area contributed by atoms with Gasteiger partial charge in [0.2, 0.25) is 5.91 Å². The molecule has 0 aromatic heterocycles. The summed E-state index contributed by atoms with van der Waals surface area (Å²) in [6, 6.07) is 3.58. The quantitative estimate of drug-likeness (QED) is 0.267. The van der Waals surface area contributed by atoms with Gasteiger partial charge >= 0.3 is 0 Å². The number of aliphatic imine (C=N–C) groups is 1. The second kappa shape index (κ2) is 13.0. The summed E-state index contributed by atoms with van der Waals surface area (Å²) in [4.78, 5) is 19.4. The van der Waals surface area contributed by atoms with Gasteiger partial charge < -0.3 is 21.3 Å². The van der Waals surface area contributed by atoms with Gasteiger partial charge in [-0.05, 0) is 46.0 Å². The van der Waals surface area contributed by atoms with E-state index >= 15 is 0 Å². The highest BCUT2D eigenvalue weighted by atomic mass is 127. The molecule has 1 aromatic carbocycles. The number of guanidine groups is 1. The van der Waals surface area contributed by atoms with E-state index in [0.717, 1.165) is 25.9 Å². The van der Waals surface area contributed by atoms with Gasteiger partial charge in [-0.25, -0.2) is 8.78 Å². The molecule has 1 atom stereocenters. The van der Waals surface area contributed by atoms with E-state index in [4.69, 9.17) is 5.73 Å². The van der Waals surface area contributed by atoms with Crippen molar-refractivity contribution in [2.24, 2.45) is 10.7 Å². The molecule has 7 nitrogen and oxygen atoms in total. The molecule has 0 aliphatic carbocycles. The third-order valence-electron chi connectivity index (χ3n) is 5.03. The molecule has 1 aromatic rings. The zero-order valence-electron chi connectivity index (χ0n) is 17.8. The molecule has 1 unspecified atom stereocenters. The molecule has 2 rings (SSSR count). The molecule has 0 spiro atoms. The second-order valence-electron chi connectivity index (χ2n) is 7.50. The number of nitrogens with two attached hydrogens (primary N) is 1. The number of carbonyl (C=O) groups excluding carboxylic acids is 1. The Kier molecular flexibility index (Phi) is 11.5. The maximum atomic E-state index is 14.2. The average molecular weight is 538 g/mol. The summed E-state index contributed by atoms with van der Waals surface area (Å²) in [5.41, 5.74) is 5.28. The molecule has 1 saturated heterocycles. The maximum Gasteiger partial charge on any atom is 0.231 e. The van der Waals surface area contributed by atoms with Crippen LogP contribution in [0.2, 0.25) is 0 Å². The molecule has 1 aliphatic rings. The zero-order valence-corrected chi connectivity index (χ0v) is 20.2. The van der Waals surface area contributed by atoms with Gasteiger partial charge in [0.05, 0.1) is 19.1 Å². The van der Waals surface area contributed by atoms with Gasteiger partial charge in [-0.1, -0.05) is 6.07 Å². The Morgan fingerprint density at radius 3 is 2.40 bits per heavy atom. The Morgan fingerprint density at radius 1 is 1.30 bits per heavy atom. The van der Waals surface area contributed by atoms with Crippen molar-refractivity contribution in [2.45, 2.75) is 31.8 Å². The smallest absolute Gasteiger partial charge is 0.231 e. The van der Waals surface area contributed by atoms with Crippen molar-refractivity contribution in [3.63, 3.8) is 0 Å². The lowest BCUT2D eigenvalue weighted by atomic mass is 10.0. The van der Waals surface area contributed by atoms with Crippen LogP contribution in [0.4, 0.5) is 8.78 Å². The van der Waals surface area contributed by atoms with E-state index in [0.29, 0.717) is 12.5 Å². The topological polar surface area (TPSA) is 86.0 Å². The predicted octanol–water partition coefficient (Wildman–Crippen LogP) is 1.69. The lowest BCUT2D eigenvalue weighted by Gasteiger charge is -2.32. The molecule has 0 radical (unpaired) electrons. The van der Waals surface area contributed by atoms with E-state index in [1.165, 1.54) is 18.2 Å². The minimum atomic E-state index is -0.571. The number of nitrogens with one attached hydrogen (secondary N) is 2. The van der Waals surface area contributed by atoms with Crippen molar-refractivity contribution in [3.8, 4) is 0 Å². The van der Waals surface area contributed by atoms with Gasteiger partial charge in [0, 0.05) is 31.2 Å². The van der Waals surface area contributed by atoms with Crippen LogP contribution in [-0.2, 0) is 4.79 Å². The van der Waals surface area contributed by atoms with Gasteiger partial charge in [0.25, 0.3) is 0 Å². The molecule has 170 valence electrons. The highest BCUT2D eigenvalue weighted by Gasteiger charge is 2.23. The predicted molar refractivity (Wildman–Crippen MR) is 126 cm³/mol. The number of rotatable bonds is 8. The SMILES string of the molecule is CCNC(=NCC(c1c(F)cccc1F)N(C)C)NC1CCN(CC(N)=O)CC1.I. The number of halogens is 3. The molecule has 1 heterocycles. The largest absolute Gasteiger partial charge is 0.369 e. The summed E-state index contributed by atoms with van der Waals surface area (Å²) in [5, 5.41) is 6.59. The summed E-state index contributed by atoms with van der Waals surface area (Å²) in [7, 11) is 3.56. The van der Waals surface area contributed by atoms with Gasteiger partial charge in [0.1, 0.15) is 11.6 Å². The molecular weight excluding hydrogens is 505 g/mol. The first-order valence-corrected chi connectivity index (χ1v) is 9.97.